The third-order valence-corrected chi connectivity index (χ3v) is 6.95. The molecular weight excluding hydrogens is 539 g/mol. The first-order valence-electron chi connectivity index (χ1n) is 12.4. The van der Waals surface area contributed by atoms with E-state index in [-0.39, 0.29) is 16.7 Å². The summed E-state index contributed by atoms with van der Waals surface area (Å²) in [5, 5.41) is 0. The first kappa shape index (κ1) is 29.3. The molecular formula is C29H29O10P. The number of benzene rings is 3. The summed E-state index contributed by atoms with van der Waals surface area (Å²) in [5.74, 6) is -2.13. The van der Waals surface area contributed by atoms with Gasteiger partial charge < -0.3 is 28.0 Å². The highest BCUT2D eigenvalue weighted by molar-refractivity contribution is 7.41. The summed E-state index contributed by atoms with van der Waals surface area (Å²) in [4.78, 5) is 39.5. The Hall–Kier alpha value is -3.66. The Bertz CT molecular complexity index is 1250. The molecule has 1 fully saturated rings. The van der Waals surface area contributed by atoms with Crippen LogP contribution in [-0.2, 0) is 32.5 Å². The standard InChI is InChI=1S/C29H29O10P/c1-19-23(36-26(30)20-13-7-4-8-14-20)24(37-27(31)21-15-9-5-10-16-21)25(29(35-19)39-40(33-2)34-3)38-28(32)22-17-11-6-12-18-22/h4-19,23-25,29H,1-3H3/t19-,23-,24+,25+,29+/m0/s1. The zero-order valence-electron chi connectivity index (χ0n) is 22.1. The van der Waals surface area contributed by atoms with Gasteiger partial charge in [0.25, 0.3) is 0 Å². The smallest absolute Gasteiger partial charge is 0.338 e. The second kappa shape index (κ2) is 14.1. The van der Waals surface area contributed by atoms with Gasteiger partial charge >= 0.3 is 26.5 Å². The van der Waals surface area contributed by atoms with Gasteiger partial charge in [-0.1, -0.05) is 54.6 Å². The molecule has 1 heterocycles. The quantitative estimate of drug-likeness (QED) is 0.189. The monoisotopic (exact) mass is 568 g/mol. The van der Waals surface area contributed by atoms with Crippen LogP contribution in [0.4, 0.5) is 0 Å². The van der Waals surface area contributed by atoms with Crippen molar-refractivity contribution in [2.45, 2.75) is 37.6 Å². The highest BCUT2D eigenvalue weighted by Gasteiger charge is 2.52. The molecule has 0 amide bonds. The van der Waals surface area contributed by atoms with E-state index in [0.29, 0.717) is 0 Å². The van der Waals surface area contributed by atoms with Crippen molar-refractivity contribution in [3.63, 3.8) is 0 Å². The van der Waals surface area contributed by atoms with Gasteiger partial charge in [-0.15, -0.1) is 0 Å². The van der Waals surface area contributed by atoms with Crippen molar-refractivity contribution in [3.05, 3.63) is 108 Å². The molecule has 11 heteroatoms. The second-order valence-corrected chi connectivity index (χ2v) is 10.00. The van der Waals surface area contributed by atoms with Gasteiger partial charge in [0.05, 0.1) is 22.8 Å². The SMILES string of the molecule is COP(OC)O[C@H]1O[C@@H](C)[C@H](OC(=O)c2ccccc2)[C@@H](OC(=O)c2ccccc2)[C@H]1OC(=O)c1ccccc1. The van der Waals surface area contributed by atoms with E-state index in [0.717, 1.165) is 0 Å². The Morgan fingerprint density at radius 1 is 0.600 bits per heavy atom. The van der Waals surface area contributed by atoms with Crippen molar-refractivity contribution >= 4 is 26.5 Å². The van der Waals surface area contributed by atoms with Crippen LogP contribution in [0.15, 0.2) is 91.0 Å². The zero-order valence-corrected chi connectivity index (χ0v) is 23.0. The Morgan fingerprint density at radius 2 is 0.975 bits per heavy atom. The van der Waals surface area contributed by atoms with Gasteiger partial charge in [0, 0.05) is 14.2 Å². The number of hydrogen-bond acceptors (Lipinski definition) is 10. The molecule has 0 aliphatic carbocycles. The minimum atomic E-state index is -1.92. The lowest BCUT2D eigenvalue weighted by atomic mass is 9.98. The van der Waals surface area contributed by atoms with E-state index in [4.69, 9.17) is 32.5 Å². The topological polar surface area (TPSA) is 116 Å². The summed E-state index contributed by atoms with van der Waals surface area (Å²) < 4.78 is 39.9. The molecule has 1 aliphatic heterocycles. The number of esters is 3. The van der Waals surface area contributed by atoms with E-state index in [1.54, 1.807) is 97.9 Å². The summed E-state index contributed by atoms with van der Waals surface area (Å²) in [5.41, 5.74) is 0.768. The largest absolute Gasteiger partial charge is 0.452 e. The van der Waals surface area contributed by atoms with E-state index < -0.39 is 57.2 Å². The average molecular weight is 569 g/mol. The maximum Gasteiger partial charge on any atom is 0.338 e. The molecule has 4 rings (SSSR count). The first-order chi connectivity index (χ1) is 19.4. The lowest BCUT2D eigenvalue weighted by Crippen LogP contribution is -2.61. The molecule has 0 bridgehead atoms. The molecule has 0 aromatic heterocycles. The van der Waals surface area contributed by atoms with Crippen molar-refractivity contribution < 1.29 is 46.9 Å². The van der Waals surface area contributed by atoms with Gasteiger partial charge in [0.2, 0.25) is 6.29 Å². The van der Waals surface area contributed by atoms with E-state index in [1.807, 2.05) is 0 Å². The fraction of sp³-hybridized carbons (Fsp3) is 0.276. The maximum atomic E-state index is 13.2. The summed E-state index contributed by atoms with van der Waals surface area (Å²) in [7, 11) is 0.839. The summed E-state index contributed by atoms with van der Waals surface area (Å²) in [6.07, 6.45) is -6.03. The summed E-state index contributed by atoms with van der Waals surface area (Å²) in [6.45, 7) is 1.62. The molecule has 5 atom stereocenters. The maximum absolute atomic E-state index is 13.2. The van der Waals surface area contributed by atoms with Crippen LogP contribution >= 0.6 is 8.60 Å². The molecule has 0 unspecified atom stereocenters. The number of carbonyl (C=O) groups is 3. The van der Waals surface area contributed by atoms with Gasteiger partial charge in [-0.05, 0) is 43.3 Å². The molecule has 0 radical (unpaired) electrons. The minimum Gasteiger partial charge on any atom is -0.452 e. The van der Waals surface area contributed by atoms with Gasteiger partial charge in [-0.3, -0.25) is 4.52 Å². The number of hydrogen-bond donors (Lipinski definition) is 0. The molecule has 1 aliphatic rings. The fourth-order valence-electron chi connectivity index (χ4n) is 4.02. The summed E-state index contributed by atoms with van der Waals surface area (Å²) in [6, 6.07) is 24.8. The second-order valence-electron chi connectivity index (χ2n) is 8.61. The number of carbonyl (C=O) groups excluding carboxylic acids is 3. The van der Waals surface area contributed by atoms with E-state index in [1.165, 1.54) is 14.2 Å². The molecule has 210 valence electrons. The van der Waals surface area contributed by atoms with Gasteiger partial charge in [-0.2, -0.15) is 0 Å². The van der Waals surface area contributed by atoms with Crippen molar-refractivity contribution in [2.24, 2.45) is 0 Å². The van der Waals surface area contributed by atoms with E-state index in [9.17, 15) is 14.4 Å². The molecule has 40 heavy (non-hydrogen) atoms. The Morgan fingerprint density at radius 3 is 1.38 bits per heavy atom. The summed E-state index contributed by atoms with van der Waals surface area (Å²) >= 11 is 0. The Balaban J connectivity index is 1.71. The van der Waals surface area contributed by atoms with Crippen LogP contribution in [0.25, 0.3) is 0 Å². The molecule has 1 saturated heterocycles. The van der Waals surface area contributed by atoms with Crippen molar-refractivity contribution in [2.75, 3.05) is 14.2 Å². The highest BCUT2D eigenvalue weighted by Crippen LogP contribution is 2.43. The van der Waals surface area contributed by atoms with Crippen molar-refractivity contribution in [1.29, 1.82) is 0 Å². The lowest BCUT2D eigenvalue weighted by Gasteiger charge is -2.43. The van der Waals surface area contributed by atoms with Crippen molar-refractivity contribution in [1.82, 2.24) is 0 Å². The van der Waals surface area contributed by atoms with Crippen LogP contribution in [0.2, 0.25) is 0 Å². The molecule has 0 spiro atoms. The van der Waals surface area contributed by atoms with Gasteiger partial charge in [0.15, 0.2) is 18.3 Å². The molecule has 0 N–H and O–H groups in total. The van der Waals surface area contributed by atoms with E-state index >= 15 is 0 Å². The normalized spacial score (nSPS) is 22.4. The van der Waals surface area contributed by atoms with Crippen LogP contribution < -0.4 is 0 Å². The molecule has 3 aromatic rings. The Labute approximate surface area is 233 Å². The zero-order chi connectivity index (χ0) is 28.5. The van der Waals surface area contributed by atoms with Crippen LogP contribution in [0.5, 0.6) is 0 Å². The van der Waals surface area contributed by atoms with Gasteiger partial charge in [-0.25, -0.2) is 14.4 Å². The minimum absolute atomic E-state index is 0.242. The molecule has 10 nitrogen and oxygen atoms in total. The van der Waals surface area contributed by atoms with Crippen LogP contribution in [0.1, 0.15) is 38.0 Å². The number of ether oxygens (including phenoxy) is 4. The first-order valence-corrected chi connectivity index (χ1v) is 13.5. The predicted octanol–water partition coefficient (Wildman–Crippen LogP) is 4.94. The number of rotatable bonds is 10. The van der Waals surface area contributed by atoms with Gasteiger partial charge in [0.1, 0.15) is 0 Å². The molecule has 0 saturated carbocycles. The van der Waals surface area contributed by atoms with Crippen LogP contribution in [0.3, 0.4) is 0 Å². The average Bonchev–Trinajstić information content (AvgIpc) is 3.00. The third-order valence-electron chi connectivity index (χ3n) is 5.97. The third kappa shape index (κ3) is 7.29. The Kier molecular flexibility index (Phi) is 10.3. The fourth-order valence-corrected chi connectivity index (χ4v) is 4.68. The van der Waals surface area contributed by atoms with E-state index in [2.05, 4.69) is 0 Å². The molecule has 3 aromatic carbocycles. The lowest BCUT2D eigenvalue weighted by molar-refractivity contribution is -0.268. The van der Waals surface area contributed by atoms with Crippen LogP contribution in [-0.4, -0.2) is 62.8 Å². The van der Waals surface area contributed by atoms with Crippen molar-refractivity contribution in [3.8, 4) is 0 Å². The predicted molar refractivity (Wildman–Crippen MR) is 143 cm³/mol. The highest BCUT2D eigenvalue weighted by atomic mass is 31.2. The van der Waals surface area contributed by atoms with Crippen LogP contribution in [0, 0.1) is 0 Å².